The molecule has 0 bridgehead atoms. The zero-order valence-corrected chi connectivity index (χ0v) is 15.5. The molecule has 1 aromatic carbocycles. The molecule has 2 aromatic rings. The number of nitrogens with one attached hydrogen (secondary N) is 1. The standard InChI is InChI=1S/C19H20F3N5O/c1-12-4-6-13(7-5-12)14-10-16(19(20,21)22)27-17(24-14)11-15(25-27)18(28)26(2)9-3-8-23/h4-7,11,14,16,24H,3,9-10H2,1-2H3/t14-,16+/m1/s1. The normalized spacial score (nSPS) is 18.7. The summed E-state index contributed by atoms with van der Waals surface area (Å²) in [6, 6.07) is 8.19. The highest BCUT2D eigenvalue weighted by Gasteiger charge is 2.46. The first-order chi connectivity index (χ1) is 13.2. The van der Waals surface area contributed by atoms with Crippen molar-refractivity contribution in [3.63, 3.8) is 0 Å². The van der Waals surface area contributed by atoms with Crippen molar-refractivity contribution in [1.82, 2.24) is 14.7 Å². The predicted octanol–water partition coefficient (Wildman–Crippen LogP) is 3.84. The molecular weight excluding hydrogens is 371 g/mol. The van der Waals surface area contributed by atoms with Crippen LogP contribution in [0.1, 0.15) is 46.5 Å². The van der Waals surface area contributed by atoms with E-state index in [1.165, 1.54) is 18.0 Å². The van der Waals surface area contributed by atoms with Crippen molar-refractivity contribution in [3.8, 4) is 6.07 Å². The molecule has 0 radical (unpaired) electrons. The van der Waals surface area contributed by atoms with Gasteiger partial charge in [-0.2, -0.15) is 23.5 Å². The number of aryl methyl sites for hydroxylation is 1. The highest BCUT2D eigenvalue weighted by atomic mass is 19.4. The largest absolute Gasteiger partial charge is 0.410 e. The van der Waals surface area contributed by atoms with Crippen LogP contribution in [0.5, 0.6) is 0 Å². The van der Waals surface area contributed by atoms with Crippen molar-refractivity contribution in [2.75, 3.05) is 18.9 Å². The van der Waals surface area contributed by atoms with Gasteiger partial charge in [-0.25, -0.2) is 4.68 Å². The van der Waals surface area contributed by atoms with Gasteiger partial charge in [-0.15, -0.1) is 0 Å². The van der Waals surface area contributed by atoms with Gasteiger partial charge in [-0.05, 0) is 12.5 Å². The van der Waals surface area contributed by atoms with Crippen LogP contribution >= 0.6 is 0 Å². The van der Waals surface area contributed by atoms with E-state index in [1.807, 2.05) is 25.1 Å². The number of carbonyl (C=O) groups excluding carboxylic acids is 1. The number of benzene rings is 1. The molecule has 0 saturated carbocycles. The Kier molecular flexibility index (Phi) is 5.31. The van der Waals surface area contributed by atoms with Crippen molar-refractivity contribution in [2.45, 2.75) is 38.0 Å². The molecule has 148 valence electrons. The topological polar surface area (TPSA) is 74.0 Å². The molecule has 2 atom stereocenters. The fraction of sp³-hybridized carbons (Fsp3) is 0.421. The molecule has 1 amide bonds. The Bertz CT molecular complexity index is 898. The summed E-state index contributed by atoms with van der Waals surface area (Å²) >= 11 is 0. The number of nitrogens with zero attached hydrogens (tertiary/aromatic N) is 4. The second kappa shape index (κ2) is 7.54. The van der Waals surface area contributed by atoms with Gasteiger partial charge in [-0.3, -0.25) is 4.79 Å². The third-order valence-electron chi connectivity index (χ3n) is 4.79. The zero-order chi connectivity index (χ0) is 20.5. The number of nitriles is 1. The minimum absolute atomic E-state index is 0.0817. The van der Waals surface area contributed by atoms with E-state index in [1.54, 1.807) is 12.1 Å². The number of anilines is 1. The van der Waals surface area contributed by atoms with Gasteiger partial charge in [0.25, 0.3) is 5.91 Å². The Morgan fingerprint density at radius 1 is 1.39 bits per heavy atom. The molecular formula is C19H20F3N5O. The summed E-state index contributed by atoms with van der Waals surface area (Å²) < 4.78 is 41.9. The van der Waals surface area contributed by atoms with Crippen LogP contribution < -0.4 is 5.32 Å². The second-order valence-electron chi connectivity index (χ2n) is 6.89. The van der Waals surface area contributed by atoms with Gasteiger partial charge in [0.15, 0.2) is 11.7 Å². The van der Waals surface area contributed by atoms with E-state index in [4.69, 9.17) is 5.26 Å². The maximum Gasteiger partial charge on any atom is 0.410 e. The molecule has 0 saturated heterocycles. The van der Waals surface area contributed by atoms with E-state index in [-0.39, 0.29) is 30.9 Å². The maximum atomic E-state index is 13.7. The Morgan fingerprint density at radius 2 is 2.07 bits per heavy atom. The van der Waals surface area contributed by atoms with Crippen LogP contribution in [-0.4, -0.2) is 40.4 Å². The number of amides is 1. The van der Waals surface area contributed by atoms with Gasteiger partial charge in [0.2, 0.25) is 0 Å². The summed E-state index contributed by atoms with van der Waals surface area (Å²) in [6.45, 7) is 2.09. The van der Waals surface area contributed by atoms with Crippen LogP contribution in [0.4, 0.5) is 19.0 Å². The number of fused-ring (bicyclic) bond motifs is 1. The lowest BCUT2D eigenvalue weighted by molar-refractivity contribution is -0.173. The van der Waals surface area contributed by atoms with Crippen molar-refractivity contribution in [3.05, 3.63) is 47.2 Å². The van der Waals surface area contributed by atoms with Gasteiger partial charge in [0, 0.05) is 26.1 Å². The average molecular weight is 391 g/mol. The molecule has 1 N–H and O–H groups in total. The van der Waals surface area contributed by atoms with Crippen LogP contribution in [0, 0.1) is 18.3 Å². The van der Waals surface area contributed by atoms with Crippen LogP contribution in [0.25, 0.3) is 0 Å². The predicted molar refractivity (Wildman–Crippen MR) is 96.7 cm³/mol. The van der Waals surface area contributed by atoms with E-state index in [2.05, 4.69) is 10.4 Å². The van der Waals surface area contributed by atoms with Crippen molar-refractivity contribution < 1.29 is 18.0 Å². The van der Waals surface area contributed by atoms with Crippen LogP contribution in [0.2, 0.25) is 0 Å². The first-order valence-corrected chi connectivity index (χ1v) is 8.82. The second-order valence-corrected chi connectivity index (χ2v) is 6.89. The van der Waals surface area contributed by atoms with Crippen molar-refractivity contribution in [2.24, 2.45) is 0 Å². The van der Waals surface area contributed by atoms with E-state index in [9.17, 15) is 18.0 Å². The summed E-state index contributed by atoms with van der Waals surface area (Å²) in [6.07, 6.45) is -4.59. The SMILES string of the molecule is Cc1ccc([C@H]2C[C@@H](C(F)(F)F)n3nc(C(=O)N(C)CCC#N)cc3N2)cc1. The lowest BCUT2D eigenvalue weighted by Gasteiger charge is -2.33. The molecule has 0 spiro atoms. The third kappa shape index (κ3) is 3.96. The van der Waals surface area contributed by atoms with Crippen LogP contribution in [0.15, 0.2) is 30.3 Å². The van der Waals surface area contributed by atoms with Gasteiger partial charge in [-0.1, -0.05) is 29.8 Å². The minimum atomic E-state index is -4.50. The van der Waals surface area contributed by atoms with Crippen LogP contribution in [0.3, 0.4) is 0 Å². The fourth-order valence-corrected chi connectivity index (χ4v) is 3.21. The molecule has 0 aliphatic carbocycles. The number of hydrogen-bond donors (Lipinski definition) is 1. The molecule has 1 aliphatic heterocycles. The number of alkyl halides is 3. The number of rotatable bonds is 4. The first kappa shape index (κ1) is 19.7. The Hall–Kier alpha value is -3.02. The van der Waals surface area contributed by atoms with Gasteiger partial charge < -0.3 is 10.2 Å². The first-order valence-electron chi connectivity index (χ1n) is 8.82. The third-order valence-corrected chi connectivity index (χ3v) is 4.79. The van der Waals surface area contributed by atoms with Crippen molar-refractivity contribution in [1.29, 1.82) is 5.26 Å². The molecule has 9 heteroatoms. The van der Waals surface area contributed by atoms with Gasteiger partial charge in [0.1, 0.15) is 5.82 Å². The summed E-state index contributed by atoms with van der Waals surface area (Å²) in [4.78, 5) is 13.7. The Balaban J connectivity index is 1.93. The molecule has 28 heavy (non-hydrogen) atoms. The number of carbonyl (C=O) groups is 1. The Labute approximate surface area is 160 Å². The van der Waals surface area contributed by atoms with E-state index < -0.39 is 24.2 Å². The zero-order valence-electron chi connectivity index (χ0n) is 15.5. The monoisotopic (exact) mass is 391 g/mol. The van der Waals surface area contributed by atoms with E-state index in [0.717, 1.165) is 15.8 Å². The lowest BCUT2D eigenvalue weighted by atomic mass is 9.96. The van der Waals surface area contributed by atoms with E-state index >= 15 is 0 Å². The number of aromatic nitrogens is 2. The molecule has 1 aromatic heterocycles. The molecule has 0 unspecified atom stereocenters. The quantitative estimate of drug-likeness (QED) is 0.860. The number of hydrogen-bond acceptors (Lipinski definition) is 4. The maximum absolute atomic E-state index is 13.7. The smallest absolute Gasteiger partial charge is 0.363 e. The molecule has 1 aliphatic rings. The fourth-order valence-electron chi connectivity index (χ4n) is 3.21. The Morgan fingerprint density at radius 3 is 2.68 bits per heavy atom. The average Bonchev–Trinajstić information content (AvgIpc) is 3.08. The van der Waals surface area contributed by atoms with Gasteiger partial charge in [0.05, 0.1) is 18.5 Å². The molecule has 3 rings (SSSR count). The molecule has 6 nitrogen and oxygen atoms in total. The van der Waals surface area contributed by atoms with E-state index in [0.29, 0.717) is 0 Å². The molecule has 2 heterocycles. The van der Waals surface area contributed by atoms with Gasteiger partial charge >= 0.3 is 6.18 Å². The highest BCUT2D eigenvalue weighted by molar-refractivity contribution is 5.93. The summed E-state index contributed by atoms with van der Waals surface area (Å²) in [5.41, 5.74) is 1.68. The molecule has 0 fully saturated rings. The summed E-state index contributed by atoms with van der Waals surface area (Å²) in [5.74, 6) is -0.372. The van der Waals surface area contributed by atoms with Crippen molar-refractivity contribution >= 4 is 11.7 Å². The number of halogens is 3. The minimum Gasteiger partial charge on any atom is -0.363 e. The highest BCUT2D eigenvalue weighted by Crippen LogP contribution is 2.43. The summed E-state index contributed by atoms with van der Waals surface area (Å²) in [5, 5.41) is 15.6. The lowest BCUT2D eigenvalue weighted by Crippen LogP contribution is -2.36. The summed E-state index contributed by atoms with van der Waals surface area (Å²) in [7, 11) is 1.49. The van der Waals surface area contributed by atoms with Crippen LogP contribution in [-0.2, 0) is 0 Å².